The molecule has 0 spiro atoms. The summed E-state index contributed by atoms with van der Waals surface area (Å²) in [5.74, 6) is 0.972. The third-order valence-corrected chi connectivity index (χ3v) is 3.14. The van der Waals surface area contributed by atoms with Gasteiger partial charge in [-0.3, -0.25) is 0 Å². The maximum absolute atomic E-state index is 5.84. The fraction of sp³-hybridized carbons (Fsp3) is 0.400. The predicted molar refractivity (Wildman–Crippen MR) is 73.3 cm³/mol. The van der Waals surface area contributed by atoms with E-state index in [1.807, 2.05) is 27.2 Å². The second-order valence-corrected chi connectivity index (χ2v) is 5.50. The van der Waals surface area contributed by atoms with Crippen molar-refractivity contribution in [2.24, 2.45) is 0 Å². The monoisotopic (exact) mass is 284 g/mol. The van der Waals surface area contributed by atoms with Gasteiger partial charge in [0.25, 0.3) is 0 Å². The summed E-state index contributed by atoms with van der Waals surface area (Å²) in [6.07, 6.45) is 1.84. The summed E-state index contributed by atoms with van der Waals surface area (Å²) in [7, 11) is 3.69. The number of hydrogen-bond acceptors (Lipinski definition) is 7. The van der Waals surface area contributed by atoms with E-state index in [4.69, 9.17) is 11.6 Å². The van der Waals surface area contributed by atoms with Gasteiger partial charge in [0.2, 0.25) is 17.2 Å². The number of aromatic nitrogens is 4. The van der Waals surface area contributed by atoms with Crippen molar-refractivity contribution in [1.82, 2.24) is 19.9 Å². The zero-order valence-electron chi connectivity index (χ0n) is 10.3. The quantitative estimate of drug-likeness (QED) is 0.926. The Balaban J connectivity index is 2.09. The van der Waals surface area contributed by atoms with Gasteiger partial charge in [0.1, 0.15) is 5.01 Å². The highest BCUT2D eigenvalue weighted by Crippen LogP contribution is 2.14. The van der Waals surface area contributed by atoms with Gasteiger partial charge in [-0.05, 0) is 18.5 Å². The molecule has 2 aromatic rings. The lowest BCUT2D eigenvalue weighted by Gasteiger charge is -2.11. The maximum atomic E-state index is 5.84. The van der Waals surface area contributed by atoms with E-state index in [1.54, 1.807) is 16.2 Å². The van der Waals surface area contributed by atoms with Gasteiger partial charge in [0.05, 0.1) is 6.54 Å². The van der Waals surface area contributed by atoms with Gasteiger partial charge in [0, 0.05) is 25.2 Å². The molecule has 0 radical (unpaired) electrons. The van der Waals surface area contributed by atoms with E-state index >= 15 is 0 Å². The number of thiazole rings is 1. The number of hydrogen-bond donors (Lipinski definition) is 1. The van der Waals surface area contributed by atoms with Crippen molar-refractivity contribution >= 4 is 34.8 Å². The molecule has 0 aliphatic carbocycles. The van der Waals surface area contributed by atoms with Crippen molar-refractivity contribution in [3.8, 4) is 0 Å². The number of aryl methyl sites for hydroxylation is 1. The molecule has 0 amide bonds. The van der Waals surface area contributed by atoms with Crippen LogP contribution in [0.1, 0.15) is 9.88 Å². The molecule has 18 heavy (non-hydrogen) atoms. The van der Waals surface area contributed by atoms with E-state index in [-0.39, 0.29) is 5.28 Å². The molecule has 0 aliphatic rings. The Hall–Kier alpha value is -1.47. The van der Waals surface area contributed by atoms with Crippen LogP contribution in [0.15, 0.2) is 6.20 Å². The molecule has 8 heteroatoms. The summed E-state index contributed by atoms with van der Waals surface area (Å²) in [5, 5.41) is 4.24. The van der Waals surface area contributed by atoms with Gasteiger partial charge in [-0.25, -0.2) is 4.98 Å². The lowest BCUT2D eigenvalue weighted by molar-refractivity contribution is 0.940. The number of halogens is 1. The van der Waals surface area contributed by atoms with Gasteiger partial charge in [0.15, 0.2) is 0 Å². The van der Waals surface area contributed by atoms with Crippen LogP contribution in [0.3, 0.4) is 0 Å². The van der Waals surface area contributed by atoms with E-state index < -0.39 is 0 Å². The van der Waals surface area contributed by atoms with Crippen LogP contribution in [0, 0.1) is 6.92 Å². The first-order chi connectivity index (χ1) is 8.54. The molecule has 6 nitrogen and oxygen atoms in total. The Bertz CT molecular complexity index is 541. The third-order valence-electron chi connectivity index (χ3n) is 2.06. The molecular formula is C10H13ClN6S. The van der Waals surface area contributed by atoms with E-state index in [9.17, 15) is 0 Å². The molecule has 0 saturated carbocycles. The Morgan fingerprint density at radius 2 is 2.11 bits per heavy atom. The molecule has 0 aliphatic heterocycles. The van der Waals surface area contributed by atoms with Crippen LogP contribution >= 0.6 is 22.9 Å². The van der Waals surface area contributed by atoms with Crippen LogP contribution in [-0.4, -0.2) is 34.0 Å². The lowest BCUT2D eigenvalue weighted by Crippen LogP contribution is -2.15. The fourth-order valence-corrected chi connectivity index (χ4v) is 2.14. The zero-order valence-corrected chi connectivity index (χ0v) is 11.9. The fourth-order valence-electron chi connectivity index (χ4n) is 1.26. The predicted octanol–water partition coefficient (Wildman–Crippen LogP) is 1.97. The van der Waals surface area contributed by atoms with E-state index in [2.05, 4.69) is 25.3 Å². The molecule has 0 aromatic carbocycles. The van der Waals surface area contributed by atoms with Crippen LogP contribution in [0.5, 0.6) is 0 Å². The van der Waals surface area contributed by atoms with Crippen molar-refractivity contribution in [3.63, 3.8) is 0 Å². The minimum atomic E-state index is 0.173. The van der Waals surface area contributed by atoms with Crippen LogP contribution < -0.4 is 10.2 Å². The minimum absolute atomic E-state index is 0.173. The van der Waals surface area contributed by atoms with E-state index in [1.165, 1.54) is 4.88 Å². The third kappa shape index (κ3) is 3.27. The second kappa shape index (κ2) is 5.45. The molecule has 0 unspecified atom stereocenters. The van der Waals surface area contributed by atoms with Crippen molar-refractivity contribution in [3.05, 3.63) is 21.4 Å². The number of nitrogens with one attached hydrogen (secondary N) is 1. The first kappa shape index (κ1) is 13.0. The van der Waals surface area contributed by atoms with Crippen molar-refractivity contribution in [2.45, 2.75) is 13.5 Å². The smallest absolute Gasteiger partial charge is 0.230 e. The Morgan fingerprint density at radius 3 is 2.72 bits per heavy atom. The van der Waals surface area contributed by atoms with Crippen molar-refractivity contribution < 1.29 is 0 Å². The largest absolute Gasteiger partial charge is 0.348 e. The highest BCUT2D eigenvalue weighted by atomic mass is 35.5. The average molecular weight is 285 g/mol. The average Bonchev–Trinajstić information content (AvgIpc) is 2.72. The summed E-state index contributed by atoms with van der Waals surface area (Å²) in [4.78, 5) is 19.5. The highest BCUT2D eigenvalue weighted by molar-refractivity contribution is 7.11. The minimum Gasteiger partial charge on any atom is -0.348 e. The van der Waals surface area contributed by atoms with Gasteiger partial charge in [-0.2, -0.15) is 15.0 Å². The standard InChI is InChI=1S/C10H13ClN6S/c1-6-4-12-7(18-6)5-13-9-14-8(11)15-10(16-9)17(2)3/h4H,5H2,1-3H3,(H,13,14,15,16). The number of nitrogens with zero attached hydrogens (tertiary/aromatic N) is 5. The molecule has 96 valence electrons. The van der Waals surface area contributed by atoms with Crippen LogP contribution in [-0.2, 0) is 6.54 Å². The summed E-state index contributed by atoms with van der Waals surface area (Å²) >= 11 is 7.47. The summed E-state index contributed by atoms with van der Waals surface area (Å²) in [5.41, 5.74) is 0. The highest BCUT2D eigenvalue weighted by Gasteiger charge is 2.07. The molecule has 2 rings (SSSR count). The SMILES string of the molecule is Cc1cnc(CNc2nc(Cl)nc(N(C)C)n2)s1. The molecule has 0 saturated heterocycles. The number of rotatable bonds is 4. The van der Waals surface area contributed by atoms with Gasteiger partial charge in [-0.1, -0.05) is 0 Å². The summed E-state index contributed by atoms with van der Waals surface area (Å²) in [6, 6.07) is 0. The van der Waals surface area contributed by atoms with Crippen LogP contribution in [0.25, 0.3) is 0 Å². The first-order valence-electron chi connectivity index (χ1n) is 5.28. The first-order valence-corrected chi connectivity index (χ1v) is 6.48. The number of anilines is 2. The zero-order chi connectivity index (χ0) is 13.1. The normalized spacial score (nSPS) is 10.4. The van der Waals surface area contributed by atoms with Crippen LogP contribution in [0.2, 0.25) is 5.28 Å². The van der Waals surface area contributed by atoms with E-state index in [0.717, 1.165) is 5.01 Å². The second-order valence-electron chi connectivity index (χ2n) is 3.84. The van der Waals surface area contributed by atoms with Crippen molar-refractivity contribution in [2.75, 3.05) is 24.3 Å². The molecule has 0 fully saturated rings. The molecule has 1 N–H and O–H groups in total. The lowest BCUT2D eigenvalue weighted by atomic mass is 10.6. The maximum Gasteiger partial charge on any atom is 0.230 e. The van der Waals surface area contributed by atoms with E-state index in [0.29, 0.717) is 18.4 Å². The van der Waals surface area contributed by atoms with Crippen LogP contribution in [0.4, 0.5) is 11.9 Å². The topological polar surface area (TPSA) is 66.8 Å². The molecule has 2 aromatic heterocycles. The Kier molecular flexibility index (Phi) is 3.93. The molecule has 2 heterocycles. The Morgan fingerprint density at radius 1 is 1.33 bits per heavy atom. The Labute approximate surface area is 114 Å². The molecular weight excluding hydrogens is 272 g/mol. The molecule has 0 bridgehead atoms. The van der Waals surface area contributed by atoms with Gasteiger partial charge in [-0.15, -0.1) is 11.3 Å². The van der Waals surface area contributed by atoms with Gasteiger partial charge < -0.3 is 10.2 Å². The summed E-state index contributed by atoms with van der Waals surface area (Å²) < 4.78 is 0. The summed E-state index contributed by atoms with van der Waals surface area (Å²) in [6.45, 7) is 2.59. The van der Waals surface area contributed by atoms with Gasteiger partial charge >= 0.3 is 0 Å². The molecule has 0 atom stereocenters. The van der Waals surface area contributed by atoms with Crippen molar-refractivity contribution in [1.29, 1.82) is 0 Å².